The van der Waals surface area contributed by atoms with Crippen LogP contribution >= 0.6 is 0 Å². The molecular weight excluding hydrogens is 254 g/mol. The molecule has 0 atom stereocenters. The van der Waals surface area contributed by atoms with Gasteiger partial charge in [-0.15, -0.1) is 0 Å². The number of carbonyl (C=O) groups is 1. The van der Waals surface area contributed by atoms with E-state index in [1.54, 1.807) is 11.9 Å². The van der Waals surface area contributed by atoms with Crippen molar-refractivity contribution in [3.05, 3.63) is 23.4 Å². The number of hydrogen-bond donors (Lipinski definition) is 1. The predicted molar refractivity (Wildman–Crippen MR) is 78.9 cm³/mol. The molecule has 0 radical (unpaired) electrons. The molecule has 1 fully saturated rings. The first-order chi connectivity index (χ1) is 9.54. The SMILES string of the molecule is Cc1cc(C)nc(NC(=O)N(C)CCOCC2CC2)c1. The molecule has 2 rings (SSSR count). The van der Waals surface area contributed by atoms with E-state index in [0.29, 0.717) is 19.0 Å². The van der Waals surface area contributed by atoms with E-state index in [9.17, 15) is 4.79 Å². The molecule has 20 heavy (non-hydrogen) atoms. The van der Waals surface area contributed by atoms with Crippen LogP contribution in [0.3, 0.4) is 0 Å². The topological polar surface area (TPSA) is 54.5 Å². The highest BCUT2D eigenvalue weighted by molar-refractivity contribution is 5.88. The molecule has 0 unspecified atom stereocenters. The van der Waals surface area contributed by atoms with Crippen LogP contribution in [-0.4, -0.2) is 42.7 Å². The van der Waals surface area contributed by atoms with Crippen molar-refractivity contribution in [1.29, 1.82) is 0 Å². The number of rotatable bonds is 6. The zero-order valence-electron chi connectivity index (χ0n) is 12.5. The van der Waals surface area contributed by atoms with Crippen LogP contribution in [-0.2, 0) is 4.74 Å². The third-order valence-corrected chi connectivity index (χ3v) is 3.30. The summed E-state index contributed by atoms with van der Waals surface area (Å²) in [5.41, 5.74) is 1.99. The standard InChI is InChI=1S/C15H23N3O2/c1-11-8-12(2)16-14(9-11)17-15(19)18(3)6-7-20-10-13-4-5-13/h8-9,13H,4-7,10H2,1-3H3,(H,16,17,19). The molecule has 0 spiro atoms. The van der Waals surface area contributed by atoms with Crippen molar-refractivity contribution < 1.29 is 9.53 Å². The van der Waals surface area contributed by atoms with Gasteiger partial charge in [-0.3, -0.25) is 5.32 Å². The fourth-order valence-corrected chi connectivity index (χ4v) is 1.95. The fourth-order valence-electron chi connectivity index (χ4n) is 1.95. The van der Waals surface area contributed by atoms with Crippen LogP contribution in [0, 0.1) is 19.8 Å². The summed E-state index contributed by atoms with van der Waals surface area (Å²) in [4.78, 5) is 17.9. The van der Waals surface area contributed by atoms with Gasteiger partial charge in [-0.2, -0.15) is 0 Å². The van der Waals surface area contributed by atoms with Crippen molar-refractivity contribution in [2.75, 3.05) is 32.1 Å². The number of carbonyl (C=O) groups excluding carboxylic acids is 1. The van der Waals surface area contributed by atoms with E-state index in [0.717, 1.165) is 23.8 Å². The number of nitrogens with zero attached hydrogens (tertiary/aromatic N) is 2. The van der Waals surface area contributed by atoms with Crippen LogP contribution in [0.15, 0.2) is 12.1 Å². The summed E-state index contributed by atoms with van der Waals surface area (Å²) in [6.45, 7) is 5.90. The Balaban J connectivity index is 1.74. The van der Waals surface area contributed by atoms with Crippen molar-refractivity contribution in [2.45, 2.75) is 26.7 Å². The average Bonchev–Trinajstić information content (AvgIpc) is 3.17. The normalized spacial score (nSPS) is 14.2. The highest BCUT2D eigenvalue weighted by Crippen LogP contribution is 2.28. The van der Waals surface area contributed by atoms with Gasteiger partial charge in [0.15, 0.2) is 0 Å². The molecule has 0 saturated heterocycles. The van der Waals surface area contributed by atoms with E-state index in [1.165, 1.54) is 12.8 Å². The largest absolute Gasteiger partial charge is 0.379 e. The first kappa shape index (κ1) is 14.8. The van der Waals surface area contributed by atoms with Crippen LogP contribution < -0.4 is 5.32 Å². The van der Waals surface area contributed by atoms with Crippen LogP contribution in [0.25, 0.3) is 0 Å². The summed E-state index contributed by atoms with van der Waals surface area (Å²) in [5.74, 6) is 1.35. The Kier molecular flexibility index (Phi) is 4.95. The molecule has 0 aliphatic heterocycles. The molecule has 1 aromatic rings. The van der Waals surface area contributed by atoms with Gasteiger partial charge in [-0.25, -0.2) is 9.78 Å². The molecule has 1 heterocycles. The van der Waals surface area contributed by atoms with Gasteiger partial charge >= 0.3 is 6.03 Å². The number of ether oxygens (including phenoxy) is 1. The number of likely N-dealkylation sites (N-methyl/N-ethyl adjacent to an activating group) is 1. The molecule has 1 saturated carbocycles. The maximum atomic E-state index is 12.0. The Bertz CT molecular complexity index is 452. The number of aryl methyl sites for hydroxylation is 2. The van der Waals surface area contributed by atoms with Crippen LogP contribution in [0.1, 0.15) is 24.1 Å². The van der Waals surface area contributed by atoms with Gasteiger partial charge in [-0.05, 0) is 50.3 Å². The summed E-state index contributed by atoms with van der Waals surface area (Å²) in [7, 11) is 1.76. The maximum Gasteiger partial charge on any atom is 0.322 e. The first-order valence-corrected chi connectivity index (χ1v) is 7.10. The number of amides is 2. The number of nitrogens with one attached hydrogen (secondary N) is 1. The first-order valence-electron chi connectivity index (χ1n) is 7.10. The minimum absolute atomic E-state index is 0.155. The Morgan fingerprint density at radius 3 is 2.85 bits per heavy atom. The van der Waals surface area contributed by atoms with E-state index >= 15 is 0 Å². The molecule has 1 aliphatic rings. The van der Waals surface area contributed by atoms with E-state index in [-0.39, 0.29) is 6.03 Å². The molecule has 1 N–H and O–H groups in total. The summed E-state index contributed by atoms with van der Waals surface area (Å²) in [6.07, 6.45) is 2.57. The zero-order chi connectivity index (χ0) is 14.5. The molecule has 0 bridgehead atoms. The molecule has 1 aromatic heterocycles. The van der Waals surface area contributed by atoms with E-state index in [1.807, 2.05) is 26.0 Å². The number of hydrogen-bond acceptors (Lipinski definition) is 3. The Morgan fingerprint density at radius 1 is 1.45 bits per heavy atom. The fraction of sp³-hybridized carbons (Fsp3) is 0.600. The smallest absolute Gasteiger partial charge is 0.322 e. The van der Waals surface area contributed by atoms with Crippen LogP contribution in [0.2, 0.25) is 0 Å². The average molecular weight is 277 g/mol. The number of urea groups is 1. The van der Waals surface area contributed by atoms with Crippen LogP contribution in [0.4, 0.5) is 10.6 Å². The lowest BCUT2D eigenvalue weighted by atomic mass is 10.2. The lowest BCUT2D eigenvalue weighted by Crippen LogP contribution is -2.34. The summed E-state index contributed by atoms with van der Waals surface area (Å²) in [6, 6.07) is 3.69. The summed E-state index contributed by atoms with van der Waals surface area (Å²) >= 11 is 0. The molecule has 2 amide bonds. The van der Waals surface area contributed by atoms with Gasteiger partial charge in [0.2, 0.25) is 0 Å². The minimum Gasteiger partial charge on any atom is -0.379 e. The van der Waals surface area contributed by atoms with Crippen molar-refractivity contribution in [2.24, 2.45) is 5.92 Å². The van der Waals surface area contributed by atoms with Crippen molar-refractivity contribution >= 4 is 11.8 Å². The third kappa shape index (κ3) is 4.81. The van der Waals surface area contributed by atoms with Crippen molar-refractivity contribution in [3.8, 4) is 0 Å². The van der Waals surface area contributed by atoms with E-state index < -0.39 is 0 Å². The van der Waals surface area contributed by atoms with Crippen molar-refractivity contribution in [1.82, 2.24) is 9.88 Å². The second-order valence-electron chi connectivity index (χ2n) is 5.54. The lowest BCUT2D eigenvalue weighted by Gasteiger charge is -2.18. The summed E-state index contributed by atoms with van der Waals surface area (Å²) in [5, 5.41) is 2.81. The molecule has 1 aliphatic carbocycles. The van der Waals surface area contributed by atoms with Gasteiger partial charge in [0.05, 0.1) is 6.61 Å². The quantitative estimate of drug-likeness (QED) is 0.813. The van der Waals surface area contributed by atoms with Gasteiger partial charge in [0.1, 0.15) is 5.82 Å². The maximum absolute atomic E-state index is 12.0. The minimum atomic E-state index is -0.155. The van der Waals surface area contributed by atoms with Gasteiger partial charge in [0.25, 0.3) is 0 Å². The molecule has 110 valence electrons. The van der Waals surface area contributed by atoms with Crippen molar-refractivity contribution in [3.63, 3.8) is 0 Å². The number of anilines is 1. The zero-order valence-corrected chi connectivity index (χ0v) is 12.5. The second kappa shape index (κ2) is 6.70. The number of aromatic nitrogens is 1. The lowest BCUT2D eigenvalue weighted by molar-refractivity contribution is 0.109. The molecular formula is C15H23N3O2. The predicted octanol–water partition coefficient (Wildman–Crippen LogP) is 2.59. The van der Waals surface area contributed by atoms with E-state index in [2.05, 4.69) is 10.3 Å². The summed E-state index contributed by atoms with van der Waals surface area (Å²) < 4.78 is 5.53. The van der Waals surface area contributed by atoms with Gasteiger partial charge < -0.3 is 9.64 Å². The monoisotopic (exact) mass is 277 g/mol. The molecule has 5 nitrogen and oxygen atoms in total. The Hall–Kier alpha value is -1.62. The number of pyridine rings is 1. The Morgan fingerprint density at radius 2 is 2.20 bits per heavy atom. The molecule has 0 aromatic carbocycles. The van der Waals surface area contributed by atoms with Gasteiger partial charge in [-0.1, -0.05) is 0 Å². The highest BCUT2D eigenvalue weighted by Gasteiger charge is 2.21. The Labute approximate surface area is 120 Å². The third-order valence-electron chi connectivity index (χ3n) is 3.30. The molecule has 5 heteroatoms. The van der Waals surface area contributed by atoms with E-state index in [4.69, 9.17) is 4.74 Å². The van der Waals surface area contributed by atoms with Gasteiger partial charge in [0, 0.05) is 25.9 Å². The second-order valence-corrected chi connectivity index (χ2v) is 5.54. The highest BCUT2D eigenvalue weighted by atomic mass is 16.5. The van der Waals surface area contributed by atoms with Crippen LogP contribution in [0.5, 0.6) is 0 Å².